The molecule has 51 heavy (non-hydrogen) atoms. The number of nitrogens with zero attached hydrogens (tertiary/aromatic N) is 3. The molecule has 2 atom stereocenters. The fourth-order valence-corrected chi connectivity index (χ4v) is 4.48. The first-order valence-corrected chi connectivity index (χ1v) is 16.1. The third-order valence-corrected chi connectivity index (χ3v) is 7.58. The minimum Gasteiger partial charge on any atom is -0.377 e. The van der Waals surface area contributed by atoms with E-state index >= 15 is 0 Å². The fourth-order valence-electron chi connectivity index (χ4n) is 4.48. The molecule has 3 aromatic rings. The lowest BCUT2D eigenvalue weighted by Crippen LogP contribution is -2.19. The van der Waals surface area contributed by atoms with Gasteiger partial charge < -0.3 is 14.2 Å². The van der Waals surface area contributed by atoms with E-state index < -0.39 is 5.79 Å². The Labute approximate surface area is 300 Å². The largest absolute Gasteiger partial charge is 0.377 e. The van der Waals surface area contributed by atoms with Gasteiger partial charge in [0.15, 0.2) is 40.5 Å². The van der Waals surface area contributed by atoms with Crippen molar-refractivity contribution >= 4 is 34.7 Å². The summed E-state index contributed by atoms with van der Waals surface area (Å²) in [6.07, 6.45) is -0.451. The summed E-state index contributed by atoms with van der Waals surface area (Å²) in [6, 6.07) is 10.1. The van der Waals surface area contributed by atoms with Gasteiger partial charge in [-0.25, -0.2) is 15.0 Å². The highest BCUT2D eigenvalue weighted by Gasteiger charge is 2.34. The van der Waals surface area contributed by atoms with Crippen molar-refractivity contribution in [2.24, 2.45) is 0 Å². The van der Waals surface area contributed by atoms with Gasteiger partial charge in [-0.1, -0.05) is 21.3 Å². The van der Waals surface area contributed by atoms with Crippen LogP contribution < -0.4 is 0 Å². The number of Topliss-reactive ketones (excluding diaryl/α,β-unsaturated/α-hetero) is 6. The molecule has 1 aliphatic rings. The quantitative estimate of drug-likeness (QED) is 0.188. The van der Waals surface area contributed by atoms with Crippen LogP contribution >= 0.6 is 0 Å². The Morgan fingerprint density at radius 2 is 0.941 bits per heavy atom. The van der Waals surface area contributed by atoms with E-state index in [9.17, 15) is 28.8 Å². The minimum atomic E-state index is -0.652. The number of carbonyl (C=O) groups is 6. The van der Waals surface area contributed by atoms with Crippen molar-refractivity contribution < 1.29 is 43.0 Å². The first-order valence-electron chi connectivity index (χ1n) is 16.1. The molecule has 1 aliphatic heterocycles. The van der Waals surface area contributed by atoms with Crippen molar-refractivity contribution in [2.75, 3.05) is 13.7 Å². The van der Waals surface area contributed by atoms with Gasteiger partial charge in [-0.2, -0.15) is 0 Å². The zero-order valence-electron chi connectivity index (χ0n) is 30.9. The summed E-state index contributed by atoms with van der Waals surface area (Å²) >= 11 is 0. The number of aromatic nitrogens is 3. The lowest BCUT2D eigenvalue weighted by atomic mass is 10.0. The molecule has 3 aromatic heterocycles. The first-order chi connectivity index (χ1) is 23.1. The van der Waals surface area contributed by atoms with E-state index in [-0.39, 0.29) is 71.6 Å². The number of carbonyl (C=O) groups excluding carboxylic acids is 6. The molecule has 0 radical (unpaired) electrons. The molecule has 0 N–H and O–H groups in total. The Morgan fingerprint density at radius 1 is 0.627 bits per heavy atom. The third-order valence-electron chi connectivity index (χ3n) is 7.58. The predicted molar refractivity (Wildman–Crippen MR) is 193 cm³/mol. The van der Waals surface area contributed by atoms with Gasteiger partial charge in [0.05, 0.1) is 12.7 Å². The van der Waals surface area contributed by atoms with E-state index in [1.54, 1.807) is 43.5 Å². The lowest BCUT2D eigenvalue weighted by molar-refractivity contribution is -0.139. The average Bonchev–Trinajstić information content (AvgIpc) is 3.43. The van der Waals surface area contributed by atoms with Crippen LogP contribution in [-0.2, 0) is 14.2 Å². The summed E-state index contributed by atoms with van der Waals surface area (Å²) < 4.78 is 16.4. The lowest BCUT2D eigenvalue weighted by Gasteiger charge is -2.17. The molecule has 0 bridgehead atoms. The molecule has 0 aliphatic carbocycles. The molecule has 4 heterocycles. The summed E-state index contributed by atoms with van der Waals surface area (Å²) in [5.74, 6) is -1.27. The molecule has 0 saturated carbocycles. The molecule has 0 spiro atoms. The van der Waals surface area contributed by atoms with Crippen LogP contribution in [0.25, 0.3) is 0 Å². The molecule has 4 rings (SSSR count). The molecule has 1 saturated heterocycles. The van der Waals surface area contributed by atoms with E-state index in [1.807, 2.05) is 34.6 Å². The molecular formula is C39H51N3O9. The van der Waals surface area contributed by atoms with E-state index in [0.29, 0.717) is 29.4 Å². The number of ketones is 6. The highest BCUT2D eigenvalue weighted by Crippen LogP contribution is 2.33. The zero-order chi connectivity index (χ0) is 38.1. The summed E-state index contributed by atoms with van der Waals surface area (Å²) in [4.78, 5) is 80.0. The second kappa shape index (κ2) is 19.1. The second-order valence-corrected chi connectivity index (χ2v) is 12.7. The van der Waals surface area contributed by atoms with Crippen molar-refractivity contribution in [2.45, 2.75) is 108 Å². The fraction of sp³-hybridized carbons (Fsp3) is 0.462. The van der Waals surface area contributed by atoms with E-state index in [0.717, 1.165) is 16.7 Å². The van der Waals surface area contributed by atoms with Crippen LogP contribution in [0.1, 0.15) is 181 Å². The van der Waals surface area contributed by atoms with Gasteiger partial charge in [-0.15, -0.1) is 0 Å². The highest BCUT2D eigenvalue weighted by molar-refractivity contribution is 5.98. The van der Waals surface area contributed by atoms with Crippen molar-refractivity contribution in [1.82, 2.24) is 15.0 Å². The van der Waals surface area contributed by atoms with Crippen LogP contribution in [0.15, 0.2) is 36.4 Å². The van der Waals surface area contributed by atoms with Gasteiger partial charge in [0.2, 0.25) is 0 Å². The van der Waals surface area contributed by atoms with Crippen LogP contribution in [-0.4, -0.2) is 69.2 Å². The van der Waals surface area contributed by atoms with E-state index in [1.165, 1.54) is 41.5 Å². The van der Waals surface area contributed by atoms with Crippen molar-refractivity contribution in [1.29, 1.82) is 0 Å². The summed E-state index contributed by atoms with van der Waals surface area (Å²) in [5.41, 5.74) is 4.38. The summed E-state index contributed by atoms with van der Waals surface area (Å²) in [7, 11) is 1.58. The Bertz CT molecular complexity index is 1680. The number of pyridine rings is 3. The highest BCUT2D eigenvalue weighted by atomic mass is 16.7. The van der Waals surface area contributed by atoms with Gasteiger partial charge in [0.25, 0.3) is 0 Å². The van der Waals surface area contributed by atoms with Crippen LogP contribution in [0.2, 0.25) is 0 Å². The van der Waals surface area contributed by atoms with Gasteiger partial charge in [-0.3, -0.25) is 28.8 Å². The Hall–Kier alpha value is -4.65. The molecule has 12 nitrogen and oxygen atoms in total. The molecule has 276 valence electrons. The predicted octanol–water partition coefficient (Wildman–Crippen LogP) is 7.75. The van der Waals surface area contributed by atoms with Crippen LogP contribution in [0.4, 0.5) is 0 Å². The Morgan fingerprint density at radius 3 is 1.20 bits per heavy atom. The van der Waals surface area contributed by atoms with Crippen LogP contribution in [0, 0.1) is 0 Å². The van der Waals surface area contributed by atoms with Crippen LogP contribution in [0.3, 0.4) is 0 Å². The molecular weight excluding hydrogens is 654 g/mol. The van der Waals surface area contributed by atoms with E-state index in [2.05, 4.69) is 15.0 Å². The molecule has 1 fully saturated rings. The third kappa shape index (κ3) is 13.2. The van der Waals surface area contributed by atoms with Crippen molar-refractivity contribution in [3.8, 4) is 0 Å². The first kappa shape index (κ1) is 44.4. The van der Waals surface area contributed by atoms with E-state index in [4.69, 9.17) is 14.2 Å². The summed E-state index contributed by atoms with van der Waals surface area (Å²) in [5, 5.41) is 0. The molecule has 12 heteroatoms. The minimum absolute atomic E-state index is 0. The van der Waals surface area contributed by atoms with Crippen molar-refractivity contribution in [3.05, 3.63) is 87.3 Å². The van der Waals surface area contributed by atoms with Crippen LogP contribution in [0.5, 0.6) is 0 Å². The van der Waals surface area contributed by atoms with Gasteiger partial charge in [0.1, 0.15) is 40.3 Å². The number of hydrogen-bond donors (Lipinski definition) is 0. The van der Waals surface area contributed by atoms with Gasteiger partial charge in [-0.05, 0) is 79.8 Å². The average molecular weight is 706 g/mol. The maximum absolute atomic E-state index is 11.5. The number of hydrogen-bond acceptors (Lipinski definition) is 12. The Kier molecular flexibility index (Phi) is 16.6. The standard InChI is InChI=1S/C14H17NO4.C12H15NO3.C12H15NO2.CH4/c1-8(16)11-5-10(6-12(15-11)9(2)17)13-7-18-14(3,4)19-13;1-7(14)11-5-10(9(3)16-4)6-12(13-11)8(2)15;1-7(2)10-5-11(8(3)14)13-12(6-10)9(4)15;/h5-6,13H,7H2,1-4H3;5-6,9H,1-4H3;5-7H,1-4H3;1H4. The summed E-state index contributed by atoms with van der Waals surface area (Å²) in [6.45, 7) is 18.5. The Balaban J connectivity index is 0.000000382. The second-order valence-electron chi connectivity index (χ2n) is 12.7. The number of methoxy groups -OCH3 is 1. The molecule has 0 amide bonds. The van der Waals surface area contributed by atoms with Crippen molar-refractivity contribution in [3.63, 3.8) is 0 Å². The maximum atomic E-state index is 11.5. The van der Waals surface area contributed by atoms with Gasteiger partial charge in [0, 0.05) is 48.7 Å². The maximum Gasteiger partial charge on any atom is 0.178 e. The SMILES string of the molecule is C.CC(=O)c1cc(C(C)C)cc(C(C)=O)n1.CC(=O)c1cc(C2COC(C)(C)O2)cc(C(C)=O)n1.COC(C)c1cc(C(C)=O)nc(C(C)=O)c1. The smallest absolute Gasteiger partial charge is 0.178 e. The number of ether oxygens (including phenoxy) is 3. The molecule has 2 unspecified atom stereocenters. The van der Waals surface area contributed by atoms with Gasteiger partial charge >= 0.3 is 0 Å². The topological polar surface area (TPSA) is 169 Å². The molecule has 0 aromatic carbocycles. The normalized spacial score (nSPS) is 14.9. The monoisotopic (exact) mass is 705 g/mol. The number of rotatable bonds is 10. The zero-order valence-corrected chi connectivity index (χ0v) is 30.9.